The SMILES string of the molecule is C=CCn1c(C(=O)CCC(=O)O)nc2cc(OC)c(OC)cc21. The molecule has 7 heteroatoms. The Morgan fingerprint density at radius 1 is 1.26 bits per heavy atom. The zero-order valence-corrected chi connectivity index (χ0v) is 13.0. The number of carbonyl (C=O) groups is 2. The molecule has 2 rings (SSSR count). The molecule has 0 saturated heterocycles. The van der Waals surface area contributed by atoms with Gasteiger partial charge in [0.2, 0.25) is 0 Å². The molecule has 1 aromatic heterocycles. The number of carbonyl (C=O) groups excluding carboxylic acids is 1. The van der Waals surface area contributed by atoms with Gasteiger partial charge in [0, 0.05) is 25.1 Å². The first-order chi connectivity index (χ1) is 11.0. The van der Waals surface area contributed by atoms with Gasteiger partial charge in [0.05, 0.1) is 31.7 Å². The number of ether oxygens (including phenoxy) is 2. The van der Waals surface area contributed by atoms with Gasteiger partial charge in [-0.25, -0.2) is 4.98 Å². The van der Waals surface area contributed by atoms with Crippen LogP contribution in [0, 0.1) is 0 Å². The molecule has 0 amide bonds. The maximum absolute atomic E-state index is 12.3. The summed E-state index contributed by atoms with van der Waals surface area (Å²) in [6, 6.07) is 3.42. The summed E-state index contributed by atoms with van der Waals surface area (Å²) >= 11 is 0. The fraction of sp³-hybridized carbons (Fsp3) is 0.312. The predicted molar refractivity (Wildman–Crippen MR) is 84.2 cm³/mol. The van der Waals surface area contributed by atoms with Crippen LogP contribution in [0.1, 0.15) is 23.5 Å². The highest BCUT2D eigenvalue weighted by Crippen LogP contribution is 2.32. The average molecular weight is 318 g/mol. The fourth-order valence-corrected chi connectivity index (χ4v) is 2.31. The molecule has 0 aliphatic carbocycles. The standard InChI is InChI=1S/C16H18N2O5/c1-4-7-18-11-9-14(23-3)13(22-2)8-10(11)17-16(18)12(19)5-6-15(20)21/h4,8-9H,1,5-7H2,2-3H3,(H,20,21). The zero-order chi connectivity index (χ0) is 17.0. The third-order valence-corrected chi connectivity index (χ3v) is 3.38. The molecule has 0 atom stereocenters. The second-order valence-electron chi connectivity index (χ2n) is 4.85. The molecule has 0 aliphatic rings. The van der Waals surface area contributed by atoms with Gasteiger partial charge in [-0.1, -0.05) is 6.08 Å². The van der Waals surface area contributed by atoms with E-state index in [2.05, 4.69) is 11.6 Å². The van der Waals surface area contributed by atoms with E-state index in [1.54, 1.807) is 22.8 Å². The first-order valence-electron chi connectivity index (χ1n) is 7.00. The number of benzene rings is 1. The number of hydrogen-bond acceptors (Lipinski definition) is 5. The van der Waals surface area contributed by atoms with E-state index in [9.17, 15) is 9.59 Å². The van der Waals surface area contributed by atoms with E-state index >= 15 is 0 Å². The summed E-state index contributed by atoms with van der Waals surface area (Å²) in [7, 11) is 3.04. The van der Waals surface area contributed by atoms with Crippen LogP contribution in [0.25, 0.3) is 11.0 Å². The van der Waals surface area contributed by atoms with E-state index in [1.807, 2.05) is 0 Å². The highest BCUT2D eigenvalue weighted by atomic mass is 16.5. The van der Waals surface area contributed by atoms with E-state index < -0.39 is 5.97 Å². The summed E-state index contributed by atoms with van der Waals surface area (Å²) in [5.41, 5.74) is 1.27. The van der Waals surface area contributed by atoms with E-state index in [0.29, 0.717) is 29.1 Å². The topological polar surface area (TPSA) is 90.7 Å². The van der Waals surface area contributed by atoms with Crippen molar-refractivity contribution >= 4 is 22.8 Å². The van der Waals surface area contributed by atoms with Gasteiger partial charge in [-0.05, 0) is 0 Å². The van der Waals surface area contributed by atoms with E-state index in [4.69, 9.17) is 14.6 Å². The molecule has 1 heterocycles. The van der Waals surface area contributed by atoms with E-state index in [-0.39, 0.29) is 24.4 Å². The molecule has 0 fully saturated rings. The number of allylic oxidation sites excluding steroid dienone is 1. The van der Waals surface area contributed by atoms with Crippen molar-refractivity contribution in [3.05, 3.63) is 30.6 Å². The van der Waals surface area contributed by atoms with Crippen molar-refractivity contribution in [2.75, 3.05) is 14.2 Å². The van der Waals surface area contributed by atoms with E-state index in [0.717, 1.165) is 0 Å². The first kappa shape index (κ1) is 16.5. The van der Waals surface area contributed by atoms with Crippen molar-refractivity contribution < 1.29 is 24.2 Å². The van der Waals surface area contributed by atoms with Gasteiger partial charge in [0.15, 0.2) is 23.1 Å². The fourth-order valence-electron chi connectivity index (χ4n) is 2.31. The van der Waals surface area contributed by atoms with Crippen LogP contribution in [-0.4, -0.2) is 40.6 Å². The van der Waals surface area contributed by atoms with Crippen molar-refractivity contribution in [3.63, 3.8) is 0 Å². The highest BCUT2D eigenvalue weighted by Gasteiger charge is 2.20. The normalized spacial score (nSPS) is 10.5. The lowest BCUT2D eigenvalue weighted by molar-refractivity contribution is -0.136. The van der Waals surface area contributed by atoms with Crippen LogP contribution in [0.5, 0.6) is 11.5 Å². The van der Waals surface area contributed by atoms with Crippen LogP contribution >= 0.6 is 0 Å². The zero-order valence-electron chi connectivity index (χ0n) is 13.0. The number of fused-ring (bicyclic) bond motifs is 1. The molecule has 1 aromatic carbocycles. The maximum Gasteiger partial charge on any atom is 0.303 e. The number of aliphatic carboxylic acids is 1. The molecular weight excluding hydrogens is 300 g/mol. The molecule has 2 aromatic rings. The van der Waals surface area contributed by atoms with Crippen LogP contribution in [0.3, 0.4) is 0 Å². The lowest BCUT2D eigenvalue weighted by Crippen LogP contribution is -2.11. The minimum atomic E-state index is -1.02. The lowest BCUT2D eigenvalue weighted by atomic mass is 10.2. The molecule has 0 unspecified atom stereocenters. The molecular formula is C16H18N2O5. The Morgan fingerprint density at radius 2 is 1.91 bits per heavy atom. The lowest BCUT2D eigenvalue weighted by Gasteiger charge is -2.09. The molecule has 0 bridgehead atoms. The van der Waals surface area contributed by atoms with Gasteiger partial charge in [0.1, 0.15) is 0 Å². The summed E-state index contributed by atoms with van der Waals surface area (Å²) in [5.74, 6) is -0.115. The number of methoxy groups -OCH3 is 2. The Morgan fingerprint density at radius 3 is 2.48 bits per heavy atom. The van der Waals surface area contributed by atoms with Crippen molar-refractivity contribution in [1.82, 2.24) is 9.55 Å². The van der Waals surface area contributed by atoms with Crippen LogP contribution in [0.15, 0.2) is 24.8 Å². The third-order valence-electron chi connectivity index (χ3n) is 3.38. The molecule has 1 N–H and O–H groups in total. The smallest absolute Gasteiger partial charge is 0.303 e. The summed E-state index contributed by atoms with van der Waals surface area (Å²) in [5, 5.41) is 8.73. The predicted octanol–water partition coefficient (Wildman–Crippen LogP) is 2.29. The average Bonchev–Trinajstić information content (AvgIpc) is 2.89. The van der Waals surface area contributed by atoms with Gasteiger partial charge in [-0.15, -0.1) is 6.58 Å². The van der Waals surface area contributed by atoms with Gasteiger partial charge >= 0.3 is 5.97 Å². The largest absolute Gasteiger partial charge is 0.493 e. The maximum atomic E-state index is 12.3. The summed E-state index contributed by atoms with van der Waals surface area (Å²) in [6.07, 6.45) is 1.30. The van der Waals surface area contributed by atoms with Crippen molar-refractivity contribution in [2.45, 2.75) is 19.4 Å². The second kappa shape index (κ2) is 6.95. The monoisotopic (exact) mass is 318 g/mol. The molecule has 7 nitrogen and oxygen atoms in total. The molecule has 0 saturated carbocycles. The molecule has 23 heavy (non-hydrogen) atoms. The summed E-state index contributed by atoms with van der Waals surface area (Å²) in [4.78, 5) is 27.3. The summed E-state index contributed by atoms with van der Waals surface area (Å²) < 4.78 is 12.2. The van der Waals surface area contributed by atoms with Crippen LogP contribution in [0.4, 0.5) is 0 Å². The Hall–Kier alpha value is -2.83. The van der Waals surface area contributed by atoms with Crippen molar-refractivity contribution in [2.24, 2.45) is 0 Å². The van der Waals surface area contributed by atoms with Crippen molar-refractivity contribution in [3.8, 4) is 11.5 Å². The Bertz CT molecular complexity index is 763. The van der Waals surface area contributed by atoms with Gasteiger partial charge < -0.3 is 19.1 Å². The molecule has 0 radical (unpaired) electrons. The Kier molecular flexibility index (Phi) is 5.00. The van der Waals surface area contributed by atoms with Crippen LogP contribution in [0.2, 0.25) is 0 Å². The minimum absolute atomic E-state index is 0.107. The third kappa shape index (κ3) is 3.33. The first-order valence-corrected chi connectivity index (χ1v) is 7.00. The molecule has 122 valence electrons. The number of aromatic nitrogens is 2. The minimum Gasteiger partial charge on any atom is -0.493 e. The van der Waals surface area contributed by atoms with E-state index in [1.165, 1.54) is 14.2 Å². The number of rotatable bonds is 8. The number of imidazole rings is 1. The second-order valence-corrected chi connectivity index (χ2v) is 4.85. The summed E-state index contributed by atoms with van der Waals surface area (Å²) in [6.45, 7) is 4.06. The van der Waals surface area contributed by atoms with Gasteiger partial charge in [-0.3, -0.25) is 9.59 Å². The number of hydrogen-bond donors (Lipinski definition) is 1. The van der Waals surface area contributed by atoms with Crippen LogP contribution in [-0.2, 0) is 11.3 Å². The number of nitrogens with zero attached hydrogens (tertiary/aromatic N) is 2. The highest BCUT2D eigenvalue weighted by molar-refractivity contribution is 5.98. The van der Waals surface area contributed by atoms with Crippen molar-refractivity contribution in [1.29, 1.82) is 0 Å². The number of carboxylic acid groups (broad SMARTS) is 1. The van der Waals surface area contributed by atoms with Gasteiger partial charge in [-0.2, -0.15) is 0 Å². The number of ketones is 1. The molecule has 0 aliphatic heterocycles. The Labute approximate surface area is 133 Å². The number of Topliss-reactive ketones (excluding diaryl/α,β-unsaturated/α-hetero) is 1. The Balaban J connectivity index is 2.55. The molecule has 0 spiro atoms. The number of carboxylic acids is 1. The van der Waals surface area contributed by atoms with Gasteiger partial charge in [0.25, 0.3) is 0 Å². The quantitative estimate of drug-likeness (QED) is 0.593. The van der Waals surface area contributed by atoms with Crippen LogP contribution < -0.4 is 9.47 Å².